The molecule has 78 valence electrons. The van der Waals surface area contributed by atoms with Crippen LogP contribution in [0.15, 0.2) is 0 Å². The lowest BCUT2D eigenvalue weighted by atomic mass is 10.1. The van der Waals surface area contributed by atoms with Gasteiger partial charge < -0.3 is 9.84 Å². The second kappa shape index (κ2) is 3.91. The molecule has 0 bridgehead atoms. The van der Waals surface area contributed by atoms with Gasteiger partial charge in [-0.25, -0.2) is 0 Å². The Morgan fingerprint density at radius 3 is 2.54 bits per heavy atom. The van der Waals surface area contributed by atoms with Gasteiger partial charge in [-0.05, 0) is 13.3 Å². The van der Waals surface area contributed by atoms with Crippen molar-refractivity contribution in [3.8, 4) is 0 Å². The maximum absolute atomic E-state index is 10.8. The molecular weight excluding hydrogens is 196 g/mol. The minimum Gasteiger partial charge on any atom is -0.368 e. The van der Waals surface area contributed by atoms with Crippen LogP contribution in [0.25, 0.3) is 0 Å². The lowest BCUT2D eigenvalue weighted by Gasteiger charge is -2.30. The van der Waals surface area contributed by atoms with Crippen LogP contribution in [0.1, 0.15) is 19.8 Å². The topological polar surface area (TPSA) is 72.8 Å². The van der Waals surface area contributed by atoms with Crippen LogP contribution in [-0.2, 0) is 19.0 Å². The average molecular weight is 210 g/mol. The highest BCUT2D eigenvalue weighted by molar-refractivity contribution is 7.86. The third kappa shape index (κ3) is 3.60. The van der Waals surface area contributed by atoms with Crippen LogP contribution < -0.4 is 0 Å². The van der Waals surface area contributed by atoms with Crippen molar-refractivity contribution in [3.05, 3.63) is 0 Å². The average Bonchev–Trinajstić information content (AvgIpc) is 1.93. The number of ether oxygens (including phenoxy) is 1. The van der Waals surface area contributed by atoms with E-state index in [4.69, 9.17) is 14.0 Å². The fraction of sp³-hybridized carbons (Fsp3) is 1.00. The molecule has 3 unspecified atom stereocenters. The summed E-state index contributed by atoms with van der Waals surface area (Å²) in [4.78, 5) is 0. The van der Waals surface area contributed by atoms with Gasteiger partial charge in [0.1, 0.15) is 6.10 Å². The van der Waals surface area contributed by atoms with Gasteiger partial charge in [-0.15, -0.1) is 0 Å². The molecule has 1 heterocycles. The molecule has 0 amide bonds. The van der Waals surface area contributed by atoms with Gasteiger partial charge in [-0.2, -0.15) is 8.42 Å². The molecule has 0 spiro atoms. The van der Waals surface area contributed by atoms with Crippen molar-refractivity contribution in [1.82, 2.24) is 0 Å². The molecule has 1 rings (SSSR count). The summed E-state index contributed by atoms with van der Waals surface area (Å²) in [5.41, 5.74) is 0. The molecule has 13 heavy (non-hydrogen) atoms. The molecule has 0 saturated carbocycles. The number of rotatable bonds is 2. The van der Waals surface area contributed by atoms with Gasteiger partial charge in [-0.3, -0.25) is 4.18 Å². The Morgan fingerprint density at radius 2 is 2.08 bits per heavy atom. The zero-order valence-corrected chi connectivity index (χ0v) is 8.45. The van der Waals surface area contributed by atoms with E-state index in [1.807, 2.05) is 0 Å². The molecule has 6 heteroatoms. The molecule has 0 aliphatic carbocycles. The van der Waals surface area contributed by atoms with E-state index in [9.17, 15) is 8.42 Å². The number of hydrogen-bond acceptors (Lipinski definition) is 5. The maximum Gasteiger partial charge on any atom is 0.264 e. The van der Waals surface area contributed by atoms with Gasteiger partial charge in [0, 0.05) is 6.42 Å². The summed E-state index contributed by atoms with van der Waals surface area (Å²) in [5, 5.41) is 9.07. The molecule has 1 saturated heterocycles. The molecular formula is C7H14O5S. The first kappa shape index (κ1) is 10.9. The maximum atomic E-state index is 10.8. The van der Waals surface area contributed by atoms with E-state index in [1.54, 1.807) is 6.92 Å². The van der Waals surface area contributed by atoms with E-state index < -0.39 is 28.6 Å². The molecule has 5 nitrogen and oxygen atoms in total. The first-order chi connectivity index (χ1) is 5.88. The Balaban J connectivity index is 2.52. The number of aliphatic hydroxyl groups excluding tert-OH is 1. The van der Waals surface area contributed by atoms with Crippen LogP contribution in [0.5, 0.6) is 0 Å². The van der Waals surface area contributed by atoms with Crippen molar-refractivity contribution in [1.29, 1.82) is 0 Å². The van der Waals surface area contributed by atoms with Gasteiger partial charge in [-0.1, -0.05) is 0 Å². The van der Waals surface area contributed by atoms with E-state index >= 15 is 0 Å². The minimum atomic E-state index is -3.44. The lowest BCUT2D eigenvalue weighted by molar-refractivity contribution is -0.186. The van der Waals surface area contributed by atoms with Crippen molar-refractivity contribution in [2.75, 3.05) is 6.26 Å². The molecule has 1 aliphatic rings. The summed E-state index contributed by atoms with van der Waals surface area (Å²) in [6.07, 6.45) is 0.247. The summed E-state index contributed by atoms with van der Waals surface area (Å²) in [7, 11) is -3.44. The van der Waals surface area contributed by atoms with Crippen molar-refractivity contribution in [2.24, 2.45) is 0 Å². The second-order valence-electron chi connectivity index (χ2n) is 3.21. The zero-order chi connectivity index (χ0) is 10.1. The SMILES string of the molecule is CC1OC(O)CCC1OS(C)(=O)=O. The van der Waals surface area contributed by atoms with Gasteiger partial charge in [0.05, 0.1) is 12.4 Å². The van der Waals surface area contributed by atoms with Crippen molar-refractivity contribution < 1.29 is 22.4 Å². The first-order valence-electron chi connectivity index (χ1n) is 4.10. The smallest absolute Gasteiger partial charge is 0.264 e. The summed E-state index contributed by atoms with van der Waals surface area (Å²) in [6, 6.07) is 0. The largest absolute Gasteiger partial charge is 0.368 e. The van der Waals surface area contributed by atoms with Gasteiger partial charge in [0.15, 0.2) is 6.29 Å². The Bertz CT molecular complexity index is 260. The Morgan fingerprint density at radius 1 is 1.46 bits per heavy atom. The number of aliphatic hydroxyl groups is 1. The summed E-state index contributed by atoms with van der Waals surface area (Å²) in [6.45, 7) is 1.68. The number of hydrogen-bond donors (Lipinski definition) is 1. The van der Waals surface area contributed by atoms with Crippen molar-refractivity contribution in [3.63, 3.8) is 0 Å². The van der Waals surface area contributed by atoms with Crippen LogP contribution >= 0.6 is 0 Å². The van der Waals surface area contributed by atoms with E-state index in [0.717, 1.165) is 6.26 Å². The predicted octanol–water partition coefficient (Wildman–Crippen LogP) is -0.151. The highest BCUT2D eigenvalue weighted by atomic mass is 32.2. The van der Waals surface area contributed by atoms with E-state index in [1.165, 1.54) is 0 Å². The van der Waals surface area contributed by atoms with Gasteiger partial charge in [0.2, 0.25) is 0 Å². The van der Waals surface area contributed by atoms with Crippen LogP contribution in [0.2, 0.25) is 0 Å². The van der Waals surface area contributed by atoms with Gasteiger partial charge >= 0.3 is 0 Å². The summed E-state index contributed by atoms with van der Waals surface area (Å²) >= 11 is 0. The Labute approximate surface area is 77.8 Å². The summed E-state index contributed by atoms with van der Waals surface area (Å²) in [5.74, 6) is 0. The molecule has 0 aromatic carbocycles. The molecule has 0 aromatic rings. The standard InChI is InChI=1S/C7H14O5S/c1-5-6(12-13(2,9)10)3-4-7(8)11-5/h5-8H,3-4H2,1-2H3. The molecule has 1 aliphatic heterocycles. The molecule has 0 radical (unpaired) electrons. The van der Waals surface area contributed by atoms with E-state index in [-0.39, 0.29) is 0 Å². The summed E-state index contributed by atoms with van der Waals surface area (Å²) < 4.78 is 31.4. The van der Waals surface area contributed by atoms with E-state index in [0.29, 0.717) is 12.8 Å². The molecule has 3 atom stereocenters. The van der Waals surface area contributed by atoms with Crippen molar-refractivity contribution in [2.45, 2.75) is 38.3 Å². The monoisotopic (exact) mass is 210 g/mol. The minimum absolute atomic E-state index is 0.390. The van der Waals surface area contributed by atoms with Gasteiger partial charge in [0.25, 0.3) is 10.1 Å². The van der Waals surface area contributed by atoms with Crippen molar-refractivity contribution >= 4 is 10.1 Å². The lowest BCUT2D eigenvalue weighted by Crippen LogP contribution is -2.39. The predicted molar refractivity (Wildman–Crippen MR) is 45.5 cm³/mol. The Hall–Kier alpha value is -0.170. The molecule has 1 N–H and O–H groups in total. The quantitative estimate of drug-likeness (QED) is 0.642. The van der Waals surface area contributed by atoms with Crippen LogP contribution in [0, 0.1) is 0 Å². The second-order valence-corrected chi connectivity index (χ2v) is 4.81. The Kier molecular flexibility index (Phi) is 3.28. The third-order valence-corrected chi connectivity index (χ3v) is 2.49. The van der Waals surface area contributed by atoms with Crippen LogP contribution in [0.3, 0.4) is 0 Å². The molecule has 1 fully saturated rings. The fourth-order valence-corrected chi connectivity index (χ4v) is 2.00. The fourth-order valence-electron chi connectivity index (χ4n) is 1.30. The highest BCUT2D eigenvalue weighted by Crippen LogP contribution is 2.21. The highest BCUT2D eigenvalue weighted by Gasteiger charge is 2.30. The molecule has 0 aromatic heterocycles. The zero-order valence-electron chi connectivity index (χ0n) is 7.63. The normalized spacial score (nSPS) is 36.1. The first-order valence-corrected chi connectivity index (χ1v) is 5.92. The van der Waals surface area contributed by atoms with Crippen LogP contribution in [0.4, 0.5) is 0 Å². The van der Waals surface area contributed by atoms with E-state index in [2.05, 4.69) is 0 Å². The van der Waals surface area contributed by atoms with Crippen LogP contribution in [-0.4, -0.2) is 38.3 Å². The third-order valence-electron chi connectivity index (χ3n) is 1.89.